The first-order chi connectivity index (χ1) is 9.52. The molecule has 1 heterocycles. The van der Waals surface area contributed by atoms with Gasteiger partial charge in [-0.25, -0.2) is 9.37 Å². The quantitative estimate of drug-likeness (QED) is 0.883. The van der Waals surface area contributed by atoms with Crippen molar-refractivity contribution in [1.82, 2.24) is 4.98 Å². The minimum atomic E-state index is -0.417. The van der Waals surface area contributed by atoms with Gasteiger partial charge in [-0.1, -0.05) is 0 Å². The van der Waals surface area contributed by atoms with E-state index in [4.69, 9.17) is 10.5 Å². The summed E-state index contributed by atoms with van der Waals surface area (Å²) in [7, 11) is 0. The Kier molecular flexibility index (Phi) is 4.44. The van der Waals surface area contributed by atoms with Crippen molar-refractivity contribution < 1.29 is 9.13 Å². The number of hydrogen-bond acceptors (Lipinski definition) is 4. The van der Waals surface area contributed by atoms with Crippen LogP contribution in [0.2, 0.25) is 0 Å². The van der Waals surface area contributed by atoms with Gasteiger partial charge in [-0.3, -0.25) is 0 Å². The molecule has 0 saturated heterocycles. The standard InChI is InChI=1S/C14H15BrFN3O/c1-3-20-12-5-4-9(6-10(12)16)19-14-13(15)8(2)11(17)7-18-14/h4-7H,3,17H2,1-2H3,(H,18,19). The third-order valence-electron chi connectivity index (χ3n) is 2.80. The summed E-state index contributed by atoms with van der Waals surface area (Å²) in [5.41, 5.74) is 7.83. The first-order valence-corrected chi connectivity index (χ1v) is 6.92. The van der Waals surface area contributed by atoms with E-state index in [0.29, 0.717) is 23.8 Å². The number of benzene rings is 1. The SMILES string of the molecule is CCOc1ccc(Nc2ncc(N)c(C)c2Br)cc1F. The summed E-state index contributed by atoms with van der Waals surface area (Å²) in [5, 5.41) is 3.04. The molecule has 20 heavy (non-hydrogen) atoms. The largest absolute Gasteiger partial charge is 0.491 e. The number of nitrogens with one attached hydrogen (secondary N) is 1. The lowest BCUT2D eigenvalue weighted by molar-refractivity contribution is 0.321. The Hall–Kier alpha value is -1.82. The van der Waals surface area contributed by atoms with Gasteiger partial charge in [-0.05, 0) is 47.5 Å². The Bertz CT molecular complexity index is 634. The van der Waals surface area contributed by atoms with Gasteiger partial charge >= 0.3 is 0 Å². The molecule has 106 valence electrons. The number of pyridine rings is 1. The van der Waals surface area contributed by atoms with Crippen LogP contribution in [-0.2, 0) is 0 Å². The summed E-state index contributed by atoms with van der Waals surface area (Å²) in [5.74, 6) is 0.402. The van der Waals surface area contributed by atoms with Crippen LogP contribution in [0.25, 0.3) is 0 Å². The molecule has 2 aromatic rings. The van der Waals surface area contributed by atoms with Crippen molar-refractivity contribution in [2.75, 3.05) is 17.7 Å². The Balaban J connectivity index is 2.27. The van der Waals surface area contributed by atoms with Crippen LogP contribution in [0.1, 0.15) is 12.5 Å². The lowest BCUT2D eigenvalue weighted by atomic mass is 10.2. The fraction of sp³-hybridized carbons (Fsp3) is 0.214. The van der Waals surface area contributed by atoms with Gasteiger partial charge in [0.1, 0.15) is 5.82 Å². The molecule has 0 bridgehead atoms. The molecule has 0 aliphatic heterocycles. The van der Waals surface area contributed by atoms with Crippen LogP contribution in [0.15, 0.2) is 28.9 Å². The van der Waals surface area contributed by atoms with E-state index in [1.165, 1.54) is 6.07 Å². The van der Waals surface area contributed by atoms with Crippen molar-refractivity contribution in [2.24, 2.45) is 0 Å². The second-order valence-electron chi connectivity index (χ2n) is 4.20. The summed E-state index contributed by atoms with van der Waals surface area (Å²) < 4.78 is 19.7. The number of nitrogens with zero attached hydrogens (tertiary/aromatic N) is 1. The average Bonchev–Trinajstić information content (AvgIpc) is 2.43. The number of ether oxygens (including phenoxy) is 1. The molecule has 6 heteroatoms. The van der Waals surface area contributed by atoms with Gasteiger partial charge in [0, 0.05) is 11.8 Å². The molecule has 2 rings (SSSR count). The molecule has 0 unspecified atom stereocenters. The van der Waals surface area contributed by atoms with E-state index in [2.05, 4.69) is 26.2 Å². The zero-order chi connectivity index (χ0) is 14.7. The van der Waals surface area contributed by atoms with Gasteiger partial charge in [0.15, 0.2) is 11.6 Å². The number of nitrogen functional groups attached to an aromatic ring is 1. The zero-order valence-corrected chi connectivity index (χ0v) is 12.8. The Morgan fingerprint density at radius 3 is 2.85 bits per heavy atom. The van der Waals surface area contributed by atoms with Crippen LogP contribution in [0.3, 0.4) is 0 Å². The average molecular weight is 340 g/mol. The fourth-order valence-corrected chi connectivity index (χ4v) is 2.10. The summed E-state index contributed by atoms with van der Waals surface area (Å²) >= 11 is 3.42. The van der Waals surface area contributed by atoms with E-state index in [9.17, 15) is 4.39 Å². The molecule has 0 spiro atoms. The molecule has 1 aromatic carbocycles. The smallest absolute Gasteiger partial charge is 0.167 e. The first-order valence-electron chi connectivity index (χ1n) is 6.13. The predicted octanol–water partition coefficient (Wildman–Crippen LogP) is 4.02. The second kappa shape index (κ2) is 6.09. The van der Waals surface area contributed by atoms with Crippen molar-refractivity contribution in [2.45, 2.75) is 13.8 Å². The lowest BCUT2D eigenvalue weighted by Gasteiger charge is -2.12. The molecular formula is C14H15BrFN3O. The van der Waals surface area contributed by atoms with Gasteiger partial charge in [-0.15, -0.1) is 0 Å². The molecule has 0 radical (unpaired) electrons. The molecule has 1 aromatic heterocycles. The van der Waals surface area contributed by atoms with E-state index in [1.807, 2.05) is 13.8 Å². The topological polar surface area (TPSA) is 60.2 Å². The first kappa shape index (κ1) is 14.6. The van der Waals surface area contributed by atoms with Crippen LogP contribution in [0.5, 0.6) is 5.75 Å². The van der Waals surface area contributed by atoms with Crippen LogP contribution in [0.4, 0.5) is 21.6 Å². The molecule has 0 aliphatic rings. The van der Waals surface area contributed by atoms with Crippen LogP contribution >= 0.6 is 15.9 Å². The van der Waals surface area contributed by atoms with E-state index in [1.54, 1.807) is 18.3 Å². The number of anilines is 3. The summed E-state index contributed by atoms with van der Waals surface area (Å²) in [4.78, 5) is 4.19. The Labute approximate surface area is 125 Å². The third-order valence-corrected chi connectivity index (χ3v) is 3.77. The monoisotopic (exact) mass is 339 g/mol. The highest BCUT2D eigenvalue weighted by Gasteiger charge is 2.09. The van der Waals surface area contributed by atoms with Crippen molar-refractivity contribution >= 4 is 33.1 Å². The van der Waals surface area contributed by atoms with Crippen LogP contribution < -0.4 is 15.8 Å². The number of halogens is 2. The highest BCUT2D eigenvalue weighted by molar-refractivity contribution is 9.10. The number of hydrogen-bond donors (Lipinski definition) is 2. The minimum absolute atomic E-state index is 0.235. The van der Waals surface area contributed by atoms with Gasteiger partial charge < -0.3 is 15.8 Å². The molecular weight excluding hydrogens is 325 g/mol. The van der Waals surface area contributed by atoms with Crippen molar-refractivity contribution in [3.63, 3.8) is 0 Å². The maximum Gasteiger partial charge on any atom is 0.167 e. The highest BCUT2D eigenvalue weighted by Crippen LogP contribution is 2.31. The summed E-state index contributed by atoms with van der Waals surface area (Å²) in [6.07, 6.45) is 1.56. The van der Waals surface area contributed by atoms with Gasteiger partial charge in [-0.2, -0.15) is 0 Å². The maximum atomic E-state index is 13.8. The molecule has 0 atom stereocenters. The van der Waals surface area contributed by atoms with Crippen molar-refractivity contribution in [1.29, 1.82) is 0 Å². The zero-order valence-electron chi connectivity index (χ0n) is 11.2. The lowest BCUT2D eigenvalue weighted by Crippen LogP contribution is -2.00. The fourth-order valence-electron chi connectivity index (χ4n) is 1.67. The number of nitrogens with two attached hydrogens (primary N) is 1. The van der Waals surface area contributed by atoms with Gasteiger partial charge in [0.2, 0.25) is 0 Å². The van der Waals surface area contributed by atoms with E-state index in [-0.39, 0.29) is 5.75 Å². The van der Waals surface area contributed by atoms with Crippen LogP contribution in [0, 0.1) is 12.7 Å². The molecule has 0 saturated carbocycles. The predicted molar refractivity (Wildman–Crippen MR) is 81.9 cm³/mol. The van der Waals surface area contributed by atoms with Crippen molar-refractivity contribution in [3.05, 3.63) is 40.2 Å². The molecule has 0 fully saturated rings. The molecule has 4 nitrogen and oxygen atoms in total. The Morgan fingerprint density at radius 1 is 1.45 bits per heavy atom. The second-order valence-corrected chi connectivity index (χ2v) is 5.00. The van der Waals surface area contributed by atoms with E-state index >= 15 is 0 Å². The third kappa shape index (κ3) is 3.01. The van der Waals surface area contributed by atoms with E-state index < -0.39 is 5.82 Å². The maximum absolute atomic E-state index is 13.8. The summed E-state index contributed by atoms with van der Waals surface area (Å²) in [6, 6.07) is 4.68. The van der Waals surface area contributed by atoms with Crippen molar-refractivity contribution in [3.8, 4) is 5.75 Å². The van der Waals surface area contributed by atoms with E-state index in [0.717, 1.165) is 10.0 Å². The molecule has 0 aliphatic carbocycles. The number of aromatic nitrogens is 1. The van der Waals surface area contributed by atoms with Gasteiger partial charge in [0.25, 0.3) is 0 Å². The minimum Gasteiger partial charge on any atom is -0.491 e. The number of rotatable bonds is 4. The summed E-state index contributed by atoms with van der Waals surface area (Å²) in [6.45, 7) is 4.11. The highest BCUT2D eigenvalue weighted by atomic mass is 79.9. The van der Waals surface area contributed by atoms with Gasteiger partial charge in [0.05, 0.1) is 23.0 Å². The molecule has 3 N–H and O–H groups in total. The Morgan fingerprint density at radius 2 is 2.20 bits per heavy atom. The normalized spacial score (nSPS) is 10.4. The molecule has 0 amide bonds. The van der Waals surface area contributed by atoms with Crippen LogP contribution in [-0.4, -0.2) is 11.6 Å².